The quantitative estimate of drug-likeness (QED) is 0.764. The Hall–Kier alpha value is -2.40. The summed E-state index contributed by atoms with van der Waals surface area (Å²) in [5, 5.41) is 5.84. The molecule has 0 unspecified atom stereocenters. The van der Waals surface area contributed by atoms with Gasteiger partial charge in [-0.15, -0.1) is 11.3 Å². The zero-order valence-corrected chi connectivity index (χ0v) is 13.9. The van der Waals surface area contributed by atoms with Gasteiger partial charge in [-0.3, -0.25) is 4.79 Å². The Morgan fingerprint density at radius 1 is 1.22 bits per heavy atom. The standard InChI is InChI=1S/C18H18N2O2S/c1-3-13-4-6-14(7-5-13)18(21)19-10-15-8-9-17(22-15)16-11-23-12(2)20-16/h4-9,11H,3,10H2,1-2H3,(H,19,21). The zero-order valence-electron chi connectivity index (χ0n) is 13.1. The highest BCUT2D eigenvalue weighted by molar-refractivity contribution is 7.09. The molecule has 0 aliphatic carbocycles. The molecule has 2 aromatic heterocycles. The second-order valence-electron chi connectivity index (χ2n) is 5.25. The number of aryl methyl sites for hydroxylation is 2. The first-order valence-corrected chi connectivity index (χ1v) is 8.42. The lowest BCUT2D eigenvalue weighted by Gasteiger charge is -2.04. The normalized spacial score (nSPS) is 10.7. The summed E-state index contributed by atoms with van der Waals surface area (Å²) in [5.41, 5.74) is 2.71. The minimum Gasteiger partial charge on any atom is -0.458 e. The highest BCUT2D eigenvalue weighted by Gasteiger charge is 2.10. The zero-order chi connectivity index (χ0) is 16.2. The summed E-state index contributed by atoms with van der Waals surface area (Å²) in [6.07, 6.45) is 0.965. The van der Waals surface area contributed by atoms with Gasteiger partial charge in [0.15, 0.2) is 5.76 Å². The summed E-state index contributed by atoms with van der Waals surface area (Å²) < 4.78 is 5.74. The maximum atomic E-state index is 12.1. The molecular formula is C18H18N2O2S. The van der Waals surface area contributed by atoms with E-state index in [-0.39, 0.29) is 5.91 Å². The highest BCUT2D eigenvalue weighted by Crippen LogP contribution is 2.23. The maximum Gasteiger partial charge on any atom is 0.251 e. The van der Waals surface area contributed by atoms with Crippen LogP contribution in [0.5, 0.6) is 0 Å². The van der Waals surface area contributed by atoms with Gasteiger partial charge in [-0.25, -0.2) is 4.98 Å². The molecule has 1 aromatic carbocycles. The molecule has 0 spiro atoms. The first-order chi connectivity index (χ1) is 11.2. The number of thiazole rings is 1. The van der Waals surface area contributed by atoms with Crippen molar-refractivity contribution in [3.63, 3.8) is 0 Å². The summed E-state index contributed by atoms with van der Waals surface area (Å²) in [5.74, 6) is 1.34. The van der Waals surface area contributed by atoms with Crippen molar-refractivity contribution in [3.05, 3.63) is 63.7 Å². The van der Waals surface area contributed by atoms with E-state index in [9.17, 15) is 4.79 Å². The molecule has 5 heteroatoms. The number of furan rings is 1. The van der Waals surface area contributed by atoms with E-state index in [1.165, 1.54) is 5.56 Å². The molecule has 3 rings (SSSR count). The summed E-state index contributed by atoms with van der Waals surface area (Å²) in [6, 6.07) is 11.4. The number of hydrogen-bond donors (Lipinski definition) is 1. The van der Waals surface area contributed by atoms with Crippen molar-refractivity contribution in [2.45, 2.75) is 26.8 Å². The topological polar surface area (TPSA) is 55.1 Å². The molecule has 0 fully saturated rings. The number of carbonyl (C=O) groups excluding carboxylic acids is 1. The van der Waals surface area contributed by atoms with Crippen molar-refractivity contribution in [3.8, 4) is 11.5 Å². The minimum atomic E-state index is -0.102. The van der Waals surface area contributed by atoms with Crippen LogP contribution in [0.25, 0.3) is 11.5 Å². The van der Waals surface area contributed by atoms with Gasteiger partial charge in [0.2, 0.25) is 0 Å². The molecule has 4 nitrogen and oxygen atoms in total. The third kappa shape index (κ3) is 3.68. The van der Waals surface area contributed by atoms with Crippen LogP contribution in [0.15, 0.2) is 46.2 Å². The number of rotatable bonds is 5. The predicted molar refractivity (Wildman–Crippen MR) is 91.5 cm³/mol. The van der Waals surface area contributed by atoms with E-state index in [1.54, 1.807) is 11.3 Å². The van der Waals surface area contributed by atoms with Gasteiger partial charge in [-0.05, 0) is 43.2 Å². The molecule has 0 radical (unpaired) electrons. The van der Waals surface area contributed by atoms with Gasteiger partial charge in [-0.1, -0.05) is 19.1 Å². The van der Waals surface area contributed by atoms with E-state index in [2.05, 4.69) is 17.2 Å². The van der Waals surface area contributed by atoms with Gasteiger partial charge >= 0.3 is 0 Å². The predicted octanol–water partition coefficient (Wildman–Crippen LogP) is 4.20. The molecule has 0 aliphatic rings. The monoisotopic (exact) mass is 326 g/mol. The van der Waals surface area contributed by atoms with E-state index in [4.69, 9.17) is 4.42 Å². The summed E-state index contributed by atoms with van der Waals surface area (Å²) in [7, 11) is 0. The lowest BCUT2D eigenvalue weighted by atomic mass is 10.1. The highest BCUT2D eigenvalue weighted by atomic mass is 32.1. The molecule has 3 aromatic rings. The van der Waals surface area contributed by atoms with Crippen LogP contribution in [0.3, 0.4) is 0 Å². The maximum absolute atomic E-state index is 12.1. The van der Waals surface area contributed by atoms with Crippen molar-refractivity contribution in [2.75, 3.05) is 0 Å². The number of carbonyl (C=O) groups is 1. The molecule has 0 saturated heterocycles. The van der Waals surface area contributed by atoms with E-state index in [0.717, 1.165) is 22.9 Å². The molecule has 0 atom stereocenters. The number of aromatic nitrogens is 1. The molecule has 0 saturated carbocycles. The van der Waals surface area contributed by atoms with Gasteiger partial charge < -0.3 is 9.73 Å². The number of nitrogens with zero attached hydrogens (tertiary/aromatic N) is 1. The van der Waals surface area contributed by atoms with Crippen LogP contribution in [0.4, 0.5) is 0 Å². The third-order valence-corrected chi connectivity index (χ3v) is 4.35. The van der Waals surface area contributed by atoms with Crippen LogP contribution in [0.1, 0.15) is 33.6 Å². The SMILES string of the molecule is CCc1ccc(C(=O)NCc2ccc(-c3csc(C)n3)o2)cc1. The third-order valence-electron chi connectivity index (χ3n) is 3.58. The van der Waals surface area contributed by atoms with Crippen molar-refractivity contribution < 1.29 is 9.21 Å². The van der Waals surface area contributed by atoms with Gasteiger partial charge in [0.05, 0.1) is 11.6 Å². The van der Waals surface area contributed by atoms with Crippen molar-refractivity contribution in [2.24, 2.45) is 0 Å². The minimum absolute atomic E-state index is 0.102. The number of nitrogens with one attached hydrogen (secondary N) is 1. The van der Waals surface area contributed by atoms with Gasteiger partial charge in [-0.2, -0.15) is 0 Å². The average Bonchev–Trinajstić information content (AvgIpc) is 3.21. The number of benzene rings is 1. The molecule has 2 heterocycles. The molecule has 1 N–H and O–H groups in total. The summed E-state index contributed by atoms with van der Waals surface area (Å²) >= 11 is 1.59. The van der Waals surface area contributed by atoms with Crippen LogP contribution in [0, 0.1) is 6.92 Å². The first kappa shape index (κ1) is 15.5. The summed E-state index contributed by atoms with van der Waals surface area (Å²) in [6.45, 7) is 4.41. The van der Waals surface area contributed by atoms with Crippen LogP contribution >= 0.6 is 11.3 Å². The molecule has 118 valence electrons. The molecule has 1 amide bonds. The fourth-order valence-corrected chi connectivity index (χ4v) is 2.85. The molecule has 0 aliphatic heterocycles. The fraction of sp³-hybridized carbons (Fsp3) is 0.222. The van der Waals surface area contributed by atoms with Gasteiger partial charge in [0.25, 0.3) is 5.91 Å². The largest absolute Gasteiger partial charge is 0.458 e. The van der Waals surface area contributed by atoms with Crippen LogP contribution in [0.2, 0.25) is 0 Å². The van der Waals surface area contributed by atoms with Crippen molar-refractivity contribution in [1.82, 2.24) is 10.3 Å². The Bertz CT molecular complexity index is 803. The van der Waals surface area contributed by atoms with E-state index in [0.29, 0.717) is 17.9 Å². The van der Waals surface area contributed by atoms with E-state index >= 15 is 0 Å². The van der Waals surface area contributed by atoms with Crippen LogP contribution < -0.4 is 5.32 Å². The smallest absolute Gasteiger partial charge is 0.251 e. The second kappa shape index (κ2) is 6.79. The Morgan fingerprint density at radius 3 is 2.65 bits per heavy atom. The Morgan fingerprint density at radius 2 is 2.00 bits per heavy atom. The average molecular weight is 326 g/mol. The summed E-state index contributed by atoms with van der Waals surface area (Å²) in [4.78, 5) is 16.5. The van der Waals surface area contributed by atoms with Crippen molar-refractivity contribution in [1.29, 1.82) is 0 Å². The molecule has 23 heavy (non-hydrogen) atoms. The first-order valence-electron chi connectivity index (χ1n) is 7.54. The van der Waals surface area contributed by atoms with E-state index in [1.807, 2.05) is 48.7 Å². The van der Waals surface area contributed by atoms with Gasteiger partial charge in [0.1, 0.15) is 11.5 Å². The Kier molecular flexibility index (Phi) is 4.57. The number of amides is 1. The van der Waals surface area contributed by atoms with Crippen LogP contribution in [-0.2, 0) is 13.0 Å². The van der Waals surface area contributed by atoms with Crippen LogP contribution in [-0.4, -0.2) is 10.9 Å². The van der Waals surface area contributed by atoms with E-state index < -0.39 is 0 Å². The Balaban J connectivity index is 1.61. The molecule has 0 bridgehead atoms. The lowest BCUT2D eigenvalue weighted by molar-refractivity contribution is 0.0948. The Labute approximate surface area is 139 Å². The fourth-order valence-electron chi connectivity index (χ4n) is 2.25. The van der Waals surface area contributed by atoms with Crippen molar-refractivity contribution >= 4 is 17.2 Å². The second-order valence-corrected chi connectivity index (χ2v) is 6.31. The van der Waals surface area contributed by atoms with Gasteiger partial charge in [0, 0.05) is 10.9 Å². The molecular weight excluding hydrogens is 308 g/mol. The lowest BCUT2D eigenvalue weighted by Crippen LogP contribution is -2.22. The number of hydrogen-bond acceptors (Lipinski definition) is 4.